The Morgan fingerprint density at radius 2 is 2.00 bits per heavy atom. The van der Waals surface area contributed by atoms with Crippen LogP contribution in [0.4, 0.5) is 4.79 Å². The third kappa shape index (κ3) is 3.14. The van der Waals surface area contributed by atoms with Crippen LogP contribution in [-0.2, 0) is 4.79 Å². The maximum Gasteiger partial charge on any atom is 0.288 e. The molecule has 0 atom stereocenters. The van der Waals surface area contributed by atoms with Crippen LogP contribution in [0.1, 0.15) is 0 Å². The Kier molecular flexibility index (Phi) is 3.91. The number of imide groups is 1. The fourth-order valence-corrected chi connectivity index (χ4v) is 2.26. The third-order valence-corrected chi connectivity index (χ3v) is 3.35. The molecule has 1 aromatic carbocycles. The van der Waals surface area contributed by atoms with Gasteiger partial charge in [0.1, 0.15) is 12.4 Å². The summed E-state index contributed by atoms with van der Waals surface area (Å²) in [5.41, 5.74) is 0. The van der Waals surface area contributed by atoms with Gasteiger partial charge < -0.3 is 4.74 Å². The molecule has 6 heteroatoms. The third-order valence-electron chi connectivity index (χ3n) is 2.24. The Morgan fingerprint density at radius 1 is 1.29 bits per heavy atom. The highest BCUT2D eigenvalue weighted by atomic mass is 35.5. The Labute approximate surface area is 108 Å². The molecule has 0 radical (unpaired) electrons. The summed E-state index contributed by atoms with van der Waals surface area (Å²) in [6.07, 6.45) is 0. The molecule has 2 rings (SSSR count). The van der Waals surface area contributed by atoms with E-state index < -0.39 is 0 Å². The summed E-state index contributed by atoms with van der Waals surface area (Å²) in [4.78, 5) is 23.8. The fraction of sp³-hybridized carbons (Fsp3) is 0.273. The van der Waals surface area contributed by atoms with E-state index in [2.05, 4.69) is 0 Å². The molecular formula is C11H10ClNO3S. The zero-order chi connectivity index (χ0) is 12.3. The molecule has 1 aromatic rings. The molecule has 1 fully saturated rings. The molecule has 1 saturated heterocycles. The Hall–Kier alpha value is -1.20. The summed E-state index contributed by atoms with van der Waals surface area (Å²) >= 11 is 6.76. The molecule has 90 valence electrons. The van der Waals surface area contributed by atoms with Crippen molar-refractivity contribution >= 4 is 34.5 Å². The van der Waals surface area contributed by atoms with E-state index in [0.29, 0.717) is 17.4 Å². The van der Waals surface area contributed by atoms with Crippen LogP contribution in [0.25, 0.3) is 0 Å². The second kappa shape index (κ2) is 5.42. The highest BCUT2D eigenvalue weighted by Gasteiger charge is 2.29. The molecule has 0 unspecified atom stereocenters. The first kappa shape index (κ1) is 12.3. The highest BCUT2D eigenvalue weighted by molar-refractivity contribution is 8.14. The van der Waals surface area contributed by atoms with Gasteiger partial charge in [-0.15, -0.1) is 0 Å². The molecule has 2 amide bonds. The molecule has 0 spiro atoms. The van der Waals surface area contributed by atoms with Crippen LogP contribution in [0, 0.1) is 0 Å². The SMILES string of the molecule is O=C1CSC(=O)N1CCOc1ccc(Cl)cc1. The number of rotatable bonds is 4. The van der Waals surface area contributed by atoms with E-state index in [9.17, 15) is 9.59 Å². The van der Waals surface area contributed by atoms with Crippen molar-refractivity contribution in [3.63, 3.8) is 0 Å². The van der Waals surface area contributed by atoms with Gasteiger partial charge in [-0.05, 0) is 24.3 Å². The maximum absolute atomic E-state index is 11.3. The number of nitrogens with zero attached hydrogens (tertiary/aromatic N) is 1. The largest absolute Gasteiger partial charge is 0.492 e. The number of carbonyl (C=O) groups excluding carboxylic acids is 2. The Bertz CT molecular complexity index is 419. The molecule has 0 aromatic heterocycles. The predicted molar refractivity (Wildman–Crippen MR) is 66.5 cm³/mol. The average Bonchev–Trinajstić information content (AvgIpc) is 2.63. The minimum absolute atomic E-state index is 0.153. The van der Waals surface area contributed by atoms with Crippen LogP contribution in [0.2, 0.25) is 5.02 Å². The van der Waals surface area contributed by atoms with Gasteiger partial charge in [0.2, 0.25) is 5.91 Å². The second-order valence-corrected chi connectivity index (χ2v) is 4.77. The van der Waals surface area contributed by atoms with Crippen molar-refractivity contribution in [3.8, 4) is 5.75 Å². The lowest BCUT2D eigenvalue weighted by molar-refractivity contribution is -0.124. The van der Waals surface area contributed by atoms with Crippen LogP contribution in [0.5, 0.6) is 5.75 Å². The standard InChI is InChI=1S/C11H10ClNO3S/c12-8-1-3-9(4-2-8)16-6-5-13-10(14)7-17-11(13)15/h1-4H,5-7H2. The van der Waals surface area contributed by atoms with Gasteiger partial charge >= 0.3 is 0 Å². The molecule has 0 bridgehead atoms. The van der Waals surface area contributed by atoms with E-state index in [1.807, 2.05) is 0 Å². The summed E-state index contributed by atoms with van der Waals surface area (Å²) in [5, 5.41) is 0.438. The molecule has 4 nitrogen and oxygen atoms in total. The van der Waals surface area contributed by atoms with Gasteiger partial charge in [0.25, 0.3) is 5.24 Å². The fourth-order valence-electron chi connectivity index (χ4n) is 1.38. The minimum Gasteiger partial charge on any atom is -0.492 e. The molecule has 0 saturated carbocycles. The number of thioether (sulfide) groups is 1. The number of carbonyl (C=O) groups is 2. The van der Waals surface area contributed by atoms with Crippen LogP contribution >= 0.6 is 23.4 Å². The number of amides is 2. The molecule has 0 N–H and O–H groups in total. The number of ether oxygens (including phenoxy) is 1. The average molecular weight is 272 g/mol. The first-order valence-electron chi connectivity index (χ1n) is 5.02. The number of hydrogen-bond acceptors (Lipinski definition) is 4. The smallest absolute Gasteiger partial charge is 0.288 e. The predicted octanol–water partition coefficient (Wildman–Crippen LogP) is 2.41. The van der Waals surface area contributed by atoms with Gasteiger partial charge in [-0.25, -0.2) is 0 Å². The van der Waals surface area contributed by atoms with E-state index in [-0.39, 0.29) is 23.4 Å². The first-order valence-corrected chi connectivity index (χ1v) is 6.38. The van der Waals surface area contributed by atoms with E-state index in [1.54, 1.807) is 24.3 Å². The van der Waals surface area contributed by atoms with E-state index in [4.69, 9.17) is 16.3 Å². The van der Waals surface area contributed by atoms with Crippen LogP contribution in [0.3, 0.4) is 0 Å². The van der Waals surface area contributed by atoms with E-state index in [0.717, 1.165) is 11.8 Å². The quantitative estimate of drug-likeness (QED) is 0.844. The Balaban J connectivity index is 1.81. The van der Waals surface area contributed by atoms with Gasteiger partial charge in [0.15, 0.2) is 0 Å². The lowest BCUT2D eigenvalue weighted by Crippen LogP contribution is -2.32. The second-order valence-electron chi connectivity index (χ2n) is 3.40. The molecule has 0 aliphatic carbocycles. The molecule has 1 aliphatic heterocycles. The lowest BCUT2D eigenvalue weighted by Gasteiger charge is -2.13. The summed E-state index contributed by atoms with van der Waals surface area (Å²) < 4.78 is 5.41. The van der Waals surface area contributed by atoms with E-state index in [1.165, 1.54) is 4.90 Å². The van der Waals surface area contributed by atoms with Gasteiger partial charge in [-0.1, -0.05) is 23.4 Å². The van der Waals surface area contributed by atoms with Gasteiger partial charge in [-0.2, -0.15) is 0 Å². The van der Waals surface area contributed by atoms with Gasteiger partial charge in [0.05, 0.1) is 12.3 Å². The van der Waals surface area contributed by atoms with Crippen LogP contribution in [-0.4, -0.2) is 35.0 Å². The topological polar surface area (TPSA) is 46.6 Å². The van der Waals surface area contributed by atoms with E-state index >= 15 is 0 Å². The Morgan fingerprint density at radius 3 is 2.59 bits per heavy atom. The van der Waals surface area contributed by atoms with Crippen molar-refractivity contribution in [2.45, 2.75) is 0 Å². The van der Waals surface area contributed by atoms with Gasteiger partial charge in [0, 0.05) is 5.02 Å². The first-order chi connectivity index (χ1) is 8.16. The minimum atomic E-state index is -0.199. The summed E-state index contributed by atoms with van der Waals surface area (Å²) in [6.45, 7) is 0.576. The number of hydrogen-bond donors (Lipinski definition) is 0. The highest BCUT2D eigenvalue weighted by Crippen LogP contribution is 2.19. The molecule has 1 heterocycles. The van der Waals surface area contributed by atoms with Gasteiger partial charge in [-0.3, -0.25) is 14.5 Å². The molecule has 17 heavy (non-hydrogen) atoms. The van der Waals surface area contributed by atoms with Crippen molar-refractivity contribution in [3.05, 3.63) is 29.3 Å². The summed E-state index contributed by atoms with van der Waals surface area (Å²) in [5.74, 6) is 0.751. The summed E-state index contributed by atoms with van der Waals surface area (Å²) in [6, 6.07) is 6.92. The summed E-state index contributed by atoms with van der Waals surface area (Å²) in [7, 11) is 0. The van der Waals surface area contributed by atoms with Crippen molar-refractivity contribution < 1.29 is 14.3 Å². The molecular weight excluding hydrogens is 262 g/mol. The zero-order valence-electron chi connectivity index (χ0n) is 8.89. The lowest BCUT2D eigenvalue weighted by atomic mass is 10.3. The number of halogens is 1. The molecule has 1 aliphatic rings. The van der Waals surface area contributed by atoms with Crippen molar-refractivity contribution in [2.24, 2.45) is 0 Å². The maximum atomic E-state index is 11.3. The normalized spacial score (nSPS) is 15.5. The zero-order valence-corrected chi connectivity index (χ0v) is 10.5. The monoisotopic (exact) mass is 271 g/mol. The van der Waals surface area contributed by atoms with Crippen molar-refractivity contribution in [1.29, 1.82) is 0 Å². The number of benzene rings is 1. The van der Waals surface area contributed by atoms with Crippen LogP contribution in [0.15, 0.2) is 24.3 Å². The van der Waals surface area contributed by atoms with Crippen molar-refractivity contribution in [1.82, 2.24) is 4.90 Å². The van der Waals surface area contributed by atoms with Crippen LogP contribution < -0.4 is 4.74 Å². The van der Waals surface area contributed by atoms with Crippen molar-refractivity contribution in [2.75, 3.05) is 18.9 Å².